The van der Waals surface area contributed by atoms with Crippen molar-refractivity contribution in [3.05, 3.63) is 0 Å². The molecule has 0 heterocycles. The van der Waals surface area contributed by atoms with Crippen LogP contribution in [-0.4, -0.2) is 71.9 Å². The maximum Gasteiger partial charge on any atom is 0.487 e. The molecule has 1 unspecified atom stereocenters. The summed E-state index contributed by atoms with van der Waals surface area (Å²) in [6.07, 6.45) is -61.8. The quantitative estimate of drug-likeness (QED) is 0.179. The predicted octanol–water partition coefficient (Wildman–Crippen LogP) is 6.67. The van der Waals surface area contributed by atoms with E-state index < -0.39 is 73.7 Å². The smallest absolute Gasteiger partial charge is 0.311 e. The Labute approximate surface area is 196 Å². The Morgan fingerprint density at radius 1 is 0.385 bits per heavy atom. The van der Waals surface area contributed by atoms with E-state index in [-0.39, 0.29) is 0 Å². The average Bonchev–Trinajstić information content (AvgIpc) is 2.54. The zero-order chi connectivity index (χ0) is 32.3. The van der Waals surface area contributed by atoms with Crippen LogP contribution in [0.25, 0.3) is 0 Å². The van der Waals surface area contributed by atoms with Crippen LogP contribution in [-0.2, 0) is 18.9 Å². The van der Waals surface area contributed by atoms with Crippen molar-refractivity contribution in [2.75, 3.05) is 0 Å². The normalized spacial score (nSPS) is 17.8. The maximum absolute atomic E-state index is 13.6. The second kappa shape index (κ2) is 9.68. The van der Waals surface area contributed by atoms with E-state index >= 15 is 0 Å². The minimum Gasteiger partial charge on any atom is -0.311 e. The first-order chi connectivity index (χ1) is 16.3. The lowest BCUT2D eigenvalue weighted by atomic mass is 10.2. The maximum atomic E-state index is 13.6. The number of aliphatic hydroxyl groups is 1. The third-order valence-electron chi connectivity index (χ3n) is 3.35. The highest BCUT2D eigenvalue weighted by Crippen LogP contribution is 2.56. The van der Waals surface area contributed by atoms with Gasteiger partial charge in [-0.1, -0.05) is 0 Å². The molecule has 0 aromatic heterocycles. The van der Waals surface area contributed by atoms with Gasteiger partial charge in [0.1, 0.15) is 0 Å². The molecule has 0 radical (unpaired) electrons. The molecule has 0 amide bonds. The zero-order valence-electron chi connectivity index (χ0n) is 16.9. The summed E-state index contributed by atoms with van der Waals surface area (Å²) < 4.78 is 289. The van der Waals surface area contributed by atoms with Crippen molar-refractivity contribution in [3.63, 3.8) is 0 Å². The topological polar surface area (TPSA) is 57.2 Å². The molecule has 39 heavy (non-hydrogen) atoms. The Morgan fingerprint density at radius 3 is 0.974 bits per heavy atom. The Morgan fingerprint density at radius 2 is 0.692 bits per heavy atom. The molecule has 0 rings (SSSR count). The van der Waals surface area contributed by atoms with Gasteiger partial charge in [-0.3, -0.25) is 4.74 Å². The lowest BCUT2D eigenvalue weighted by Gasteiger charge is -2.39. The monoisotopic (exact) mass is 646 g/mol. The highest BCUT2D eigenvalue weighted by atomic mass is 19.4. The van der Waals surface area contributed by atoms with E-state index in [1.165, 1.54) is 14.2 Å². The number of hydrogen-bond acceptors (Lipinski definition) is 5. The third-order valence-corrected chi connectivity index (χ3v) is 3.35. The SMILES string of the molecule is CC(F)(F)C(F)(F)OC(F)(F)C(F)(F)C(F)(F)OC(F)(F)C(F)(F)OC(F)(C(F)(F)F)C(F)(F)OC(O)(F)F. The van der Waals surface area contributed by atoms with Gasteiger partial charge in [0.25, 0.3) is 0 Å². The summed E-state index contributed by atoms with van der Waals surface area (Å²) in [4.78, 5) is 0. The first kappa shape index (κ1) is 37.3. The fourth-order valence-corrected chi connectivity index (χ4v) is 1.51. The van der Waals surface area contributed by atoms with Gasteiger partial charge in [-0.2, -0.15) is 87.8 Å². The molecular formula is C12H4F22O5. The molecule has 0 spiro atoms. The molecule has 0 aliphatic carbocycles. The van der Waals surface area contributed by atoms with Crippen molar-refractivity contribution in [3.8, 4) is 0 Å². The summed E-state index contributed by atoms with van der Waals surface area (Å²) in [6.45, 7) is -1.09. The molecule has 1 N–H and O–H groups in total. The summed E-state index contributed by atoms with van der Waals surface area (Å²) in [5.41, 5.74) is 0. The molecule has 0 bridgehead atoms. The minimum absolute atomic E-state index is 1.09. The van der Waals surface area contributed by atoms with Gasteiger partial charge in [0.15, 0.2) is 0 Å². The van der Waals surface area contributed by atoms with Gasteiger partial charge >= 0.3 is 66.8 Å². The van der Waals surface area contributed by atoms with Gasteiger partial charge in [0, 0.05) is 6.92 Å². The molecule has 0 aromatic rings. The molecule has 1 atom stereocenters. The first-order valence-electron chi connectivity index (χ1n) is 8.01. The summed E-state index contributed by atoms with van der Waals surface area (Å²) in [6, 6.07) is 0. The van der Waals surface area contributed by atoms with E-state index in [1.807, 2.05) is 0 Å². The summed E-state index contributed by atoms with van der Waals surface area (Å²) in [5.74, 6) is -22.3. The van der Waals surface area contributed by atoms with Gasteiger partial charge in [-0.15, -0.1) is 8.78 Å². The molecule has 236 valence electrons. The van der Waals surface area contributed by atoms with Crippen LogP contribution in [0.15, 0.2) is 0 Å². The molecule has 0 fully saturated rings. The van der Waals surface area contributed by atoms with Crippen molar-refractivity contribution < 1.29 is 121 Å². The van der Waals surface area contributed by atoms with Gasteiger partial charge in [0.05, 0.1) is 0 Å². The number of rotatable bonds is 13. The lowest BCUT2D eigenvalue weighted by Crippen LogP contribution is -2.66. The van der Waals surface area contributed by atoms with Crippen molar-refractivity contribution in [1.82, 2.24) is 0 Å². The van der Waals surface area contributed by atoms with Crippen molar-refractivity contribution in [2.45, 2.75) is 73.7 Å². The van der Waals surface area contributed by atoms with Crippen LogP contribution in [0.1, 0.15) is 6.92 Å². The van der Waals surface area contributed by atoms with Crippen molar-refractivity contribution in [1.29, 1.82) is 0 Å². The van der Waals surface area contributed by atoms with Gasteiger partial charge in [0.2, 0.25) is 0 Å². The van der Waals surface area contributed by atoms with E-state index in [1.54, 1.807) is 0 Å². The van der Waals surface area contributed by atoms with Crippen molar-refractivity contribution >= 4 is 0 Å². The lowest BCUT2D eigenvalue weighted by molar-refractivity contribution is -0.585. The fourth-order valence-electron chi connectivity index (χ4n) is 1.51. The van der Waals surface area contributed by atoms with Gasteiger partial charge in [-0.25, -0.2) is 14.2 Å². The number of hydrogen-bond donors (Lipinski definition) is 1. The van der Waals surface area contributed by atoms with E-state index in [0.717, 1.165) is 4.74 Å². The predicted molar refractivity (Wildman–Crippen MR) is 66.6 cm³/mol. The summed E-state index contributed by atoms with van der Waals surface area (Å²) in [7, 11) is 0. The number of ether oxygens (including phenoxy) is 4. The Balaban J connectivity index is 6.52. The van der Waals surface area contributed by atoms with Crippen molar-refractivity contribution in [2.24, 2.45) is 0 Å². The third kappa shape index (κ3) is 7.32. The largest absolute Gasteiger partial charge is 0.487 e. The highest BCUT2D eigenvalue weighted by Gasteiger charge is 2.84. The fraction of sp³-hybridized carbons (Fsp3) is 1.00. The van der Waals surface area contributed by atoms with E-state index in [0.29, 0.717) is 0 Å². The van der Waals surface area contributed by atoms with Crippen LogP contribution in [0.4, 0.5) is 96.6 Å². The molecule has 0 aromatic carbocycles. The average molecular weight is 646 g/mol. The van der Waals surface area contributed by atoms with Crippen LogP contribution < -0.4 is 0 Å². The number of alkyl halides is 22. The van der Waals surface area contributed by atoms with Crippen LogP contribution >= 0.6 is 0 Å². The second-order valence-corrected chi connectivity index (χ2v) is 6.55. The second-order valence-electron chi connectivity index (χ2n) is 6.55. The molecule has 0 saturated carbocycles. The van der Waals surface area contributed by atoms with E-state index in [9.17, 15) is 96.6 Å². The Hall–Kier alpha value is -1.74. The molecule has 0 saturated heterocycles. The minimum atomic E-state index is -8.24. The Bertz CT molecular complexity index is 855. The standard InChI is InChI=1S/C12H4F22O5/c1-2(13,14)6(21,22)37-7(23,24)3(15,16)8(25,26)38-11(31,32)10(29,30)36-4(17,5(18,19)20)9(27,28)39-12(33,34)35/h35H,1H3. The molecule has 0 aliphatic heterocycles. The van der Waals surface area contributed by atoms with Crippen LogP contribution in [0.5, 0.6) is 0 Å². The van der Waals surface area contributed by atoms with Gasteiger partial charge in [-0.05, 0) is 0 Å². The molecule has 5 nitrogen and oxygen atoms in total. The molecular weight excluding hydrogens is 642 g/mol. The molecule has 0 aliphatic rings. The van der Waals surface area contributed by atoms with Crippen LogP contribution in [0.2, 0.25) is 0 Å². The van der Waals surface area contributed by atoms with E-state index in [4.69, 9.17) is 5.11 Å². The highest BCUT2D eigenvalue weighted by molar-refractivity contribution is 4.92. The van der Waals surface area contributed by atoms with Crippen LogP contribution in [0, 0.1) is 0 Å². The van der Waals surface area contributed by atoms with E-state index in [2.05, 4.69) is 0 Å². The first-order valence-corrected chi connectivity index (χ1v) is 8.01. The Kier molecular flexibility index (Phi) is 9.24. The zero-order valence-corrected chi connectivity index (χ0v) is 16.9. The van der Waals surface area contributed by atoms with Crippen LogP contribution in [0.3, 0.4) is 0 Å². The summed E-state index contributed by atoms with van der Waals surface area (Å²) in [5, 5.41) is 7.54. The molecule has 27 heteroatoms. The summed E-state index contributed by atoms with van der Waals surface area (Å²) >= 11 is 0. The number of halogens is 22. The van der Waals surface area contributed by atoms with Gasteiger partial charge < -0.3 is 5.11 Å².